The molecule has 1 aromatic rings. The van der Waals surface area contributed by atoms with Gasteiger partial charge in [0.2, 0.25) is 0 Å². The number of rotatable bonds is 3. The Morgan fingerprint density at radius 1 is 1.25 bits per heavy atom. The average molecular weight is 236 g/mol. The second kappa shape index (κ2) is 4.69. The van der Waals surface area contributed by atoms with Gasteiger partial charge in [-0.2, -0.15) is 13.2 Å². The highest BCUT2D eigenvalue weighted by Gasteiger charge is 2.35. The van der Waals surface area contributed by atoms with Crippen LogP contribution in [0.5, 0.6) is 0 Å². The van der Waals surface area contributed by atoms with Gasteiger partial charge in [-0.05, 0) is 30.5 Å². The molecule has 90 valence electrons. The molecule has 0 spiro atoms. The molecule has 1 aromatic carbocycles. The lowest BCUT2D eigenvalue weighted by molar-refractivity contribution is -0.148. The summed E-state index contributed by atoms with van der Waals surface area (Å²) >= 11 is 0. The van der Waals surface area contributed by atoms with Crippen LogP contribution in [0.15, 0.2) is 18.2 Å². The van der Waals surface area contributed by atoms with Crippen molar-refractivity contribution < 1.29 is 17.6 Å². The quantitative estimate of drug-likeness (QED) is 0.624. The van der Waals surface area contributed by atoms with E-state index in [1.54, 1.807) is 0 Å². The monoisotopic (exact) mass is 236 g/mol. The van der Waals surface area contributed by atoms with Crippen LogP contribution in [0.4, 0.5) is 23.2 Å². The van der Waals surface area contributed by atoms with E-state index in [1.165, 1.54) is 12.1 Å². The second-order valence-electron chi connectivity index (χ2n) is 3.54. The standard InChI is InChI=1S/C10H12F4N2/c11-7-5-6(1-3-8(7)15)2-4-9(16)10(12,13)14/h1,3,5,9H,2,4,15-16H2. The fraction of sp³-hybridized carbons (Fsp3) is 0.400. The Balaban J connectivity index is 2.58. The molecule has 0 aliphatic carbocycles. The van der Waals surface area contributed by atoms with Gasteiger partial charge in [0.15, 0.2) is 0 Å². The number of alkyl halides is 3. The molecule has 0 bridgehead atoms. The Hall–Kier alpha value is -1.30. The highest BCUT2D eigenvalue weighted by molar-refractivity contribution is 5.41. The lowest BCUT2D eigenvalue weighted by Crippen LogP contribution is -2.37. The van der Waals surface area contributed by atoms with E-state index in [4.69, 9.17) is 11.5 Å². The van der Waals surface area contributed by atoms with Gasteiger partial charge in [0, 0.05) is 0 Å². The smallest absolute Gasteiger partial charge is 0.396 e. The molecule has 4 N–H and O–H groups in total. The number of benzene rings is 1. The number of halogens is 4. The summed E-state index contributed by atoms with van der Waals surface area (Å²) in [6.07, 6.45) is -4.61. The van der Waals surface area contributed by atoms with E-state index < -0.39 is 18.0 Å². The fourth-order valence-corrected chi connectivity index (χ4v) is 1.21. The molecule has 0 radical (unpaired) electrons. The molecule has 0 saturated carbocycles. The lowest BCUT2D eigenvalue weighted by atomic mass is 10.0. The predicted molar refractivity (Wildman–Crippen MR) is 53.2 cm³/mol. The number of nitrogen functional groups attached to an aromatic ring is 1. The Morgan fingerprint density at radius 3 is 2.38 bits per heavy atom. The van der Waals surface area contributed by atoms with Crippen molar-refractivity contribution >= 4 is 5.69 Å². The molecule has 0 aliphatic heterocycles. The highest BCUT2D eigenvalue weighted by Crippen LogP contribution is 2.22. The van der Waals surface area contributed by atoms with E-state index in [9.17, 15) is 17.6 Å². The van der Waals surface area contributed by atoms with Gasteiger partial charge in [-0.25, -0.2) is 4.39 Å². The summed E-state index contributed by atoms with van der Waals surface area (Å²) < 4.78 is 49.2. The summed E-state index contributed by atoms with van der Waals surface area (Å²) in [6.45, 7) is 0. The Morgan fingerprint density at radius 2 is 1.88 bits per heavy atom. The van der Waals surface area contributed by atoms with Gasteiger partial charge in [-0.15, -0.1) is 0 Å². The molecule has 0 amide bonds. The van der Waals surface area contributed by atoms with Crippen molar-refractivity contribution in [1.82, 2.24) is 0 Å². The van der Waals surface area contributed by atoms with Gasteiger partial charge in [0.25, 0.3) is 0 Å². The highest BCUT2D eigenvalue weighted by atomic mass is 19.4. The van der Waals surface area contributed by atoms with Crippen LogP contribution in [0, 0.1) is 5.82 Å². The minimum atomic E-state index is -4.41. The minimum Gasteiger partial charge on any atom is -0.396 e. The van der Waals surface area contributed by atoms with Gasteiger partial charge in [-0.3, -0.25) is 0 Å². The summed E-state index contributed by atoms with van der Waals surface area (Å²) in [5, 5.41) is 0. The minimum absolute atomic E-state index is 0.0242. The van der Waals surface area contributed by atoms with E-state index in [0.29, 0.717) is 5.56 Å². The molecular formula is C10H12F4N2. The average Bonchev–Trinajstić information content (AvgIpc) is 2.18. The van der Waals surface area contributed by atoms with Crippen molar-refractivity contribution in [3.8, 4) is 0 Å². The van der Waals surface area contributed by atoms with Gasteiger partial charge in [0.05, 0.1) is 5.69 Å². The SMILES string of the molecule is Nc1ccc(CCC(N)C(F)(F)F)cc1F. The van der Waals surface area contributed by atoms with E-state index >= 15 is 0 Å². The third kappa shape index (κ3) is 3.37. The maximum Gasteiger partial charge on any atom is 0.403 e. The van der Waals surface area contributed by atoms with Crippen LogP contribution in [-0.4, -0.2) is 12.2 Å². The first kappa shape index (κ1) is 12.8. The van der Waals surface area contributed by atoms with E-state index in [-0.39, 0.29) is 18.5 Å². The van der Waals surface area contributed by atoms with Gasteiger partial charge >= 0.3 is 6.18 Å². The van der Waals surface area contributed by atoms with Crippen LogP contribution in [0.2, 0.25) is 0 Å². The summed E-state index contributed by atoms with van der Waals surface area (Å²) in [6, 6.07) is 2.05. The van der Waals surface area contributed by atoms with Crippen molar-refractivity contribution in [2.24, 2.45) is 5.73 Å². The summed E-state index contributed by atoms with van der Waals surface area (Å²) in [7, 11) is 0. The first-order valence-corrected chi connectivity index (χ1v) is 4.67. The van der Waals surface area contributed by atoms with Crippen molar-refractivity contribution in [3.05, 3.63) is 29.6 Å². The zero-order valence-corrected chi connectivity index (χ0v) is 8.39. The van der Waals surface area contributed by atoms with Crippen LogP contribution in [0.1, 0.15) is 12.0 Å². The van der Waals surface area contributed by atoms with Gasteiger partial charge in [-0.1, -0.05) is 6.07 Å². The molecule has 0 heterocycles. The molecule has 0 fully saturated rings. The maximum atomic E-state index is 13.0. The molecule has 0 saturated heterocycles. The van der Waals surface area contributed by atoms with Gasteiger partial charge in [0.1, 0.15) is 11.9 Å². The normalized spacial score (nSPS) is 13.8. The Kier molecular flexibility index (Phi) is 3.74. The van der Waals surface area contributed by atoms with Crippen LogP contribution < -0.4 is 11.5 Å². The number of hydrogen-bond acceptors (Lipinski definition) is 2. The topological polar surface area (TPSA) is 52.0 Å². The summed E-state index contributed by atoms with van der Waals surface area (Å²) in [5.41, 5.74) is 10.6. The van der Waals surface area contributed by atoms with E-state index in [1.807, 2.05) is 0 Å². The summed E-state index contributed by atoms with van der Waals surface area (Å²) in [5.74, 6) is -0.627. The van der Waals surface area contributed by atoms with Crippen molar-refractivity contribution in [3.63, 3.8) is 0 Å². The molecule has 1 atom stereocenters. The zero-order chi connectivity index (χ0) is 12.3. The fourth-order valence-electron chi connectivity index (χ4n) is 1.21. The number of anilines is 1. The Bertz CT molecular complexity index is 362. The first-order valence-electron chi connectivity index (χ1n) is 4.67. The number of nitrogens with two attached hydrogens (primary N) is 2. The first-order chi connectivity index (χ1) is 7.30. The lowest BCUT2D eigenvalue weighted by Gasteiger charge is -2.15. The molecule has 0 aliphatic rings. The van der Waals surface area contributed by atoms with Gasteiger partial charge < -0.3 is 11.5 Å². The molecule has 6 heteroatoms. The van der Waals surface area contributed by atoms with Crippen LogP contribution >= 0.6 is 0 Å². The number of aryl methyl sites for hydroxylation is 1. The second-order valence-corrected chi connectivity index (χ2v) is 3.54. The Labute approximate surface area is 90.2 Å². The molecule has 2 nitrogen and oxygen atoms in total. The molecule has 0 aromatic heterocycles. The molecule has 1 rings (SSSR count). The van der Waals surface area contributed by atoms with Crippen LogP contribution in [-0.2, 0) is 6.42 Å². The zero-order valence-electron chi connectivity index (χ0n) is 8.39. The van der Waals surface area contributed by atoms with Crippen LogP contribution in [0.3, 0.4) is 0 Å². The summed E-state index contributed by atoms with van der Waals surface area (Å²) in [4.78, 5) is 0. The van der Waals surface area contributed by atoms with E-state index in [2.05, 4.69) is 0 Å². The number of hydrogen-bond donors (Lipinski definition) is 2. The van der Waals surface area contributed by atoms with Crippen molar-refractivity contribution in [2.45, 2.75) is 25.1 Å². The van der Waals surface area contributed by atoms with Crippen molar-refractivity contribution in [2.75, 3.05) is 5.73 Å². The largest absolute Gasteiger partial charge is 0.403 e. The predicted octanol–water partition coefficient (Wildman–Crippen LogP) is 2.23. The molecule has 16 heavy (non-hydrogen) atoms. The molecular weight excluding hydrogens is 224 g/mol. The van der Waals surface area contributed by atoms with Crippen molar-refractivity contribution in [1.29, 1.82) is 0 Å². The third-order valence-corrected chi connectivity index (χ3v) is 2.23. The van der Waals surface area contributed by atoms with E-state index in [0.717, 1.165) is 6.07 Å². The maximum absolute atomic E-state index is 13.0. The third-order valence-electron chi connectivity index (χ3n) is 2.23. The van der Waals surface area contributed by atoms with Crippen LogP contribution in [0.25, 0.3) is 0 Å². The molecule has 1 unspecified atom stereocenters.